The van der Waals surface area contributed by atoms with Gasteiger partial charge >= 0.3 is 0 Å². The van der Waals surface area contributed by atoms with E-state index in [1.807, 2.05) is 12.1 Å². The Labute approximate surface area is 120 Å². The molecule has 0 spiro atoms. The second-order valence-electron chi connectivity index (χ2n) is 5.50. The van der Waals surface area contributed by atoms with E-state index >= 15 is 0 Å². The van der Waals surface area contributed by atoms with Crippen molar-refractivity contribution >= 4 is 0 Å². The molecule has 1 saturated carbocycles. The summed E-state index contributed by atoms with van der Waals surface area (Å²) in [5.41, 5.74) is 2.77. The lowest BCUT2D eigenvalue weighted by atomic mass is 10.1. The second-order valence-corrected chi connectivity index (χ2v) is 5.50. The predicted octanol–water partition coefficient (Wildman–Crippen LogP) is 3.59. The summed E-state index contributed by atoms with van der Waals surface area (Å²) in [6.07, 6.45) is 1.31. The maximum absolute atomic E-state index is 5.24. The number of hydrogen-bond acceptors (Lipinski definition) is 2. The van der Waals surface area contributed by atoms with Crippen molar-refractivity contribution < 1.29 is 4.74 Å². The highest BCUT2D eigenvalue weighted by Crippen LogP contribution is 2.46. The Kier molecular flexibility index (Phi) is 4.03. The maximum Gasteiger partial charge on any atom is 0.119 e. The first-order valence-corrected chi connectivity index (χ1v) is 7.25. The van der Waals surface area contributed by atoms with E-state index in [9.17, 15) is 0 Å². The zero-order valence-corrected chi connectivity index (χ0v) is 11.9. The molecule has 104 valence electrons. The van der Waals surface area contributed by atoms with Crippen molar-refractivity contribution in [1.82, 2.24) is 5.32 Å². The molecular weight excluding hydrogens is 246 g/mol. The molecule has 2 aromatic carbocycles. The van der Waals surface area contributed by atoms with Crippen LogP contribution in [0.4, 0.5) is 0 Å². The molecule has 1 aliphatic carbocycles. The summed E-state index contributed by atoms with van der Waals surface area (Å²) < 4.78 is 5.24. The lowest BCUT2D eigenvalue weighted by molar-refractivity contribution is 0.414. The fourth-order valence-electron chi connectivity index (χ4n) is 2.77. The molecule has 1 aliphatic rings. The zero-order valence-electron chi connectivity index (χ0n) is 11.9. The second kappa shape index (κ2) is 6.10. The van der Waals surface area contributed by atoms with Gasteiger partial charge in [0, 0.05) is 6.54 Å². The van der Waals surface area contributed by atoms with Crippen molar-refractivity contribution in [2.24, 2.45) is 5.92 Å². The smallest absolute Gasteiger partial charge is 0.119 e. The first kappa shape index (κ1) is 13.2. The number of rotatable bonds is 6. The molecule has 0 bridgehead atoms. The molecule has 0 radical (unpaired) electrons. The van der Waals surface area contributed by atoms with Gasteiger partial charge in [0.2, 0.25) is 0 Å². The van der Waals surface area contributed by atoms with Crippen molar-refractivity contribution in [3.63, 3.8) is 0 Å². The van der Waals surface area contributed by atoms with E-state index in [0.717, 1.165) is 30.7 Å². The normalized spacial score (nSPS) is 20.6. The van der Waals surface area contributed by atoms with Gasteiger partial charge in [-0.05, 0) is 48.1 Å². The molecule has 0 aliphatic heterocycles. The van der Waals surface area contributed by atoms with Gasteiger partial charge in [0.25, 0.3) is 0 Å². The molecule has 2 aromatic rings. The Balaban J connectivity index is 1.45. The molecule has 2 heteroatoms. The largest absolute Gasteiger partial charge is 0.497 e. The highest BCUT2D eigenvalue weighted by molar-refractivity contribution is 5.28. The van der Waals surface area contributed by atoms with Gasteiger partial charge in [-0.2, -0.15) is 0 Å². The molecular formula is C18H21NO. The van der Waals surface area contributed by atoms with Crippen molar-refractivity contribution in [3.05, 3.63) is 65.7 Å². The summed E-state index contributed by atoms with van der Waals surface area (Å²) in [6.45, 7) is 2.01. The minimum atomic E-state index is 0.758. The van der Waals surface area contributed by atoms with Crippen molar-refractivity contribution in [1.29, 1.82) is 0 Å². The monoisotopic (exact) mass is 267 g/mol. The van der Waals surface area contributed by atoms with Gasteiger partial charge in [-0.3, -0.25) is 0 Å². The van der Waals surface area contributed by atoms with E-state index in [1.54, 1.807) is 7.11 Å². The van der Waals surface area contributed by atoms with Crippen molar-refractivity contribution in [2.75, 3.05) is 13.7 Å². The van der Waals surface area contributed by atoms with Crippen LogP contribution in [0.1, 0.15) is 23.5 Å². The minimum absolute atomic E-state index is 0.758. The molecule has 1 fully saturated rings. The van der Waals surface area contributed by atoms with Crippen LogP contribution in [0.5, 0.6) is 5.75 Å². The summed E-state index contributed by atoms with van der Waals surface area (Å²) in [6, 6.07) is 19.1. The van der Waals surface area contributed by atoms with Gasteiger partial charge in [-0.1, -0.05) is 42.5 Å². The Morgan fingerprint density at radius 3 is 2.75 bits per heavy atom. The van der Waals surface area contributed by atoms with Gasteiger partial charge < -0.3 is 10.1 Å². The first-order chi connectivity index (χ1) is 9.86. The van der Waals surface area contributed by atoms with Crippen LogP contribution in [0, 0.1) is 5.92 Å². The summed E-state index contributed by atoms with van der Waals surface area (Å²) in [7, 11) is 1.71. The third-order valence-electron chi connectivity index (χ3n) is 4.02. The summed E-state index contributed by atoms with van der Waals surface area (Å²) >= 11 is 0. The summed E-state index contributed by atoms with van der Waals surface area (Å²) in [5.74, 6) is 2.48. The van der Waals surface area contributed by atoms with Crippen LogP contribution >= 0.6 is 0 Å². The Morgan fingerprint density at radius 1 is 1.10 bits per heavy atom. The first-order valence-electron chi connectivity index (χ1n) is 7.25. The highest BCUT2D eigenvalue weighted by Gasteiger charge is 2.37. The van der Waals surface area contributed by atoms with E-state index in [1.165, 1.54) is 17.5 Å². The SMILES string of the molecule is COc1cccc(CNCC2C[C@H]2c2ccccc2)c1. The van der Waals surface area contributed by atoms with E-state index in [-0.39, 0.29) is 0 Å². The molecule has 2 atom stereocenters. The molecule has 0 amide bonds. The van der Waals surface area contributed by atoms with Crippen LogP contribution in [0.2, 0.25) is 0 Å². The van der Waals surface area contributed by atoms with Crippen LogP contribution in [0.25, 0.3) is 0 Å². The maximum atomic E-state index is 5.24. The topological polar surface area (TPSA) is 21.3 Å². The third kappa shape index (κ3) is 3.20. The fraction of sp³-hybridized carbons (Fsp3) is 0.333. The number of methoxy groups -OCH3 is 1. The van der Waals surface area contributed by atoms with Gasteiger partial charge in [0.1, 0.15) is 5.75 Å². The van der Waals surface area contributed by atoms with Gasteiger partial charge in [0.05, 0.1) is 7.11 Å². The standard InChI is InChI=1S/C18H21NO/c1-20-17-9-5-6-14(10-17)12-19-13-16-11-18(16)15-7-3-2-4-8-15/h2-10,16,18-19H,11-13H2,1H3/t16?,18-/m0/s1. The molecule has 3 rings (SSSR count). The number of benzene rings is 2. The third-order valence-corrected chi connectivity index (χ3v) is 4.02. The molecule has 0 heterocycles. The van der Waals surface area contributed by atoms with E-state index in [2.05, 4.69) is 47.8 Å². The average molecular weight is 267 g/mol. The average Bonchev–Trinajstić information content (AvgIpc) is 3.28. The predicted molar refractivity (Wildman–Crippen MR) is 82.0 cm³/mol. The van der Waals surface area contributed by atoms with Crippen LogP contribution in [-0.4, -0.2) is 13.7 Å². The molecule has 1 unspecified atom stereocenters. The van der Waals surface area contributed by atoms with E-state index in [4.69, 9.17) is 4.74 Å². The van der Waals surface area contributed by atoms with Crippen LogP contribution in [0.15, 0.2) is 54.6 Å². The van der Waals surface area contributed by atoms with Crippen LogP contribution in [-0.2, 0) is 6.54 Å². The summed E-state index contributed by atoms with van der Waals surface area (Å²) in [4.78, 5) is 0. The molecule has 20 heavy (non-hydrogen) atoms. The molecule has 0 saturated heterocycles. The van der Waals surface area contributed by atoms with Gasteiger partial charge in [-0.25, -0.2) is 0 Å². The van der Waals surface area contributed by atoms with E-state index < -0.39 is 0 Å². The fourth-order valence-corrected chi connectivity index (χ4v) is 2.77. The lowest BCUT2D eigenvalue weighted by Crippen LogP contribution is -2.16. The van der Waals surface area contributed by atoms with Gasteiger partial charge in [0.15, 0.2) is 0 Å². The van der Waals surface area contributed by atoms with Crippen LogP contribution in [0.3, 0.4) is 0 Å². The van der Waals surface area contributed by atoms with Crippen molar-refractivity contribution in [3.8, 4) is 5.75 Å². The number of nitrogens with one attached hydrogen (secondary N) is 1. The molecule has 1 N–H and O–H groups in total. The Bertz CT molecular complexity index is 552. The van der Waals surface area contributed by atoms with E-state index in [0.29, 0.717) is 0 Å². The lowest BCUT2D eigenvalue weighted by Gasteiger charge is -2.06. The molecule has 0 aromatic heterocycles. The number of hydrogen-bond donors (Lipinski definition) is 1. The number of ether oxygens (including phenoxy) is 1. The Hall–Kier alpha value is -1.80. The quantitative estimate of drug-likeness (QED) is 0.863. The zero-order chi connectivity index (χ0) is 13.8. The summed E-state index contributed by atoms with van der Waals surface area (Å²) in [5, 5.41) is 3.56. The Morgan fingerprint density at radius 2 is 1.95 bits per heavy atom. The highest BCUT2D eigenvalue weighted by atomic mass is 16.5. The van der Waals surface area contributed by atoms with Crippen LogP contribution < -0.4 is 10.1 Å². The van der Waals surface area contributed by atoms with Crippen molar-refractivity contribution in [2.45, 2.75) is 18.9 Å². The molecule has 2 nitrogen and oxygen atoms in total. The minimum Gasteiger partial charge on any atom is -0.497 e. The van der Waals surface area contributed by atoms with Gasteiger partial charge in [-0.15, -0.1) is 0 Å².